The number of nitrogens with zero attached hydrogens (tertiary/aromatic N) is 2. The van der Waals surface area contributed by atoms with Gasteiger partial charge in [0, 0.05) is 12.1 Å². The molecule has 132 valence electrons. The number of ether oxygens (including phenoxy) is 1. The minimum atomic E-state index is -0.540. The van der Waals surface area contributed by atoms with E-state index in [-0.39, 0.29) is 17.0 Å². The molecule has 0 radical (unpaired) electrons. The summed E-state index contributed by atoms with van der Waals surface area (Å²) in [6.07, 6.45) is 0. The van der Waals surface area contributed by atoms with Crippen molar-refractivity contribution in [3.63, 3.8) is 0 Å². The second-order valence-electron chi connectivity index (χ2n) is 5.33. The molecule has 0 fully saturated rings. The molecule has 3 rings (SSSR count). The Bertz CT molecular complexity index is 987. The van der Waals surface area contributed by atoms with Crippen LogP contribution in [0.4, 0.5) is 10.1 Å². The van der Waals surface area contributed by atoms with Crippen molar-refractivity contribution in [3.8, 4) is 11.4 Å². The molecule has 0 aliphatic heterocycles. The number of anilines is 1. The van der Waals surface area contributed by atoms with Gasteiger partial charge in [-0.15, -0.1) is 0 Å². The lowest BCUT2D eigenvalue weighted by Gasteiger charge is -2.12. The quantitative estimate of drug-likeness (QED) is 0.765. The maximum Gasteiger partial charge on any atom is 0.276 e. The lowest BCUT2D eigenvalue weighted by molar-refractivity contribution is 0.102. The highest BCUT2D eigenvalue weighted by Gasteiger charge is 2.14. The molecule has 1 amide bonds. The third-order valence-corrected chi connectivity index (χ3v) is 3.53. The molecule has 2 aromatic carbocycles. The van der Waals surface area contributed by atoms with Gasteiger partial charge in [0.15, 0.2) is 0 Å². The second kappa shape index (κ2) is 7.60. The Morgan fingerprint density at radius 1 is 1.15 bits per heavy atom. The molecule has 6 nitrogen and oxygen atoms in total. The highest BCUT2D eigenvalue weighted by atomic mass is 19.1. The molecule has 0 bridgehead atoms. The second-order valence-corrected chi connectivity index (χ2v) is 5.33. The molecule has 0 aliphatic carbocycles. The predicted octanol–water partition coefficient (Wildman–Crippen LogP) is 3.02. The van der Waals surface area contributed by atoms with Gasteiger partial charge in [-0.05, 0) is 37.3 Å². The molecule has 26 heavy (non-hydrogen) atoms. The van der Waals surface area contributed by atoms with Crippen LogP contribution >= 0.6 is 0 Å². The van der Waals surface area contributed by atoms with E-state index in [0.29, 0.717) is 18.0 Å². The third kappa shape index (κ3) is 3.77. The lowest BCUT2D eigenvalue weighted by atomic mass is 10.2. The first kappa shape index (κ1) is 17.3. The molecule has 0 saturated carbocycles. The molecule has 1 heterocycles. The first-order valence-corrected chi connectivity index (χ1v) is 7.98. The van der Waals surface area contributed by atoms with Crippen LogP contribution in [0.2, 0.25) is 0 Å². The zero-order valence-electron chi connectivity index (χ0n) is 14.0. The monoisotopic (exact) mass is 353 g/mol. The average Bonchev–Trinajstić information content (AvgIpc) is 2.65. The van der Waals surface area contributed by atoms with Gasteiger partial charge in [0.05, 0.1) is 18.0 Å². The standard InChI is InChI=1S/C19H16FN3O3/c1-2-26-17-12-13(20)8-9-15(17)21-19(25)16-10-11-18(24)23(22-16)14-6-4-3-5-7-14/h3-12H,2H2,1H3,(H,21,25). The molecule has 1 aromatic heterocycles. The molecule has 0 aliphatic rings. The van der Waals surface area contributed by atoms with Crippen LogP contribution < -0.4 is 15.6 Å². The van der Waals surface area contributed by atoms with Gasteiger partial charge in [-0.2, -0.15) is 9.78 Å². The summed E-state index contributed by atoms with van der Waals surface area (Å²) in [6, 6.07) is 15.2. The first-order valence-electron chi connectivity index (χ1n) is 7.98. The Hall–Kier alpha value is -3.48. The third-order valence-electron chi connectivity index (χ3n) is 3.53. The summed E-state index contributed by atoms with van der Waals surface area (Å²) < 4.78 is 19.9. The number of rotatable bonds is 5. The van der Waals surface area contributed by atoms with Gasteiger partial charge in [0.2, 0.25) is 0 Å². The molecule has 7 heteroatoms. The number of aromatic nitrogens is 2. The fourth-order valence-corrected chi connectivity index (χ4v) is 2.35. The Labute approximate surface area is 148 Å². The number of para-hydroxylation sites is 1. The van der Waals surface area contributed by atoms with Crippen LogP contribution in [0.3, 0.4) is 0 Å². The van der Waals surface area contributed by atoms with E-state index in [0.717, 1.165) is 4.68 Å². The van der Waals surface area contributed by atoms with Crippen LogP contribution in [-0.4, -0.2) is 22.3 Å². The molecule has 0 spiro atoms. The highest BCUT2D eigenvalue weighted by molar-refractivity contribution is 6.03. The zero-order chi connectivity index (χ0) is 18.5. The maximum absolute atomic E-state index is 13.4. The Balaban J connectivity index is 1.91. The van der Waals surface area contributed by atoms with E-state index in [1.165, 1.54) is 30.3 Å². The van der Waals surface area contributed by atoms with E-state index in [2.05, 4.69) is 10.4 Å². The number of hydrogen-bond acceptors (Lipinski definition) is 4. The van der Waals surface area contributed by atoms with Crippen molar-refractivity contribution >= 4 is 11.6 Å². The zero-order valence-corrected chi connectivity index (χ0v) is 14.0. The summed E-state index contributed by atoms with van der Waals surface area (Å²) in [5, 5.41) is 6.74. The molecule has 0 saturated heterocycles. The van der Waals surface area contributed by atoms with Gasteiger partial charge in [-0.3, -0.25) is 9.59 Å². The summed E-state index contributed by atoms with van der Waals surface area (Å²) in [5.74, 6) is -0.790. The number of carbonyl (C=O) groups is 1. The summed E-state index contributed by atoms with van der Waals surface area (Å²) >= 11 is 0. The van der Waals surface area contributed by atoms with E-state index < -0.39 is 11.7 Å². The molecule has 3 aromatic rings. The van der Waals surface area contributed by atoms with Crippen LogP contribution in [0.1, 0.15) is 17.4 Å². The number of benzene rings is 2. The number of halogens is 1. The average molecular weight is 353 g/mol. The fraction of sp³-hybridized carbons (Fsp3) is 0.105. The van der Waals surface area contributed by atoms with Crippen molar-refractivity contribution in [3.05, 3.63) is 82.5 Å². The number of amides is 1. The van der Waals surface area contributed by atoms with Crippen molar-refractivity contribution in [1.82, 2.24) is 9.78 Å². The predicted molar refractivity (Wildman–Crippen MR) is 95.4 cm³/mol. The molecular formula is C19H16FN3O3. The van der Waals surface area contributed by atoms with Gasteiger partial charge in [-0.1, -0.05) is 18.2 Å². The van der Waals surface area contributed by atoms with Gasteiger partial charge in [-0.25, -0.2) is 4.39 Å². The van der Waals surface area contributed by atoms with E-state index in [1.54, 1.807) is 31.2 Å². The number of nitrogens with one attached hydrogen (secondary N) is 1. The van der Waals surface area contributed by atoms with E-state index >= 15 is 0 Å². The van der Waals surface area contributed by atoms with Gasteiger partial charge in [0.1, 0.15) is 17.3 Å². The summed E-state index contributed by atoms with van der Waals surface area (Å²) in [4.78, 5) is 24.5. The molecule has 0 atom stereocenters. The molecule has 1 N–H and O–H groups in total. The van der Waals surface area contributed by atoms with Crippen molar-refractivity contribution in [1.29, 1.82) is 0 Å². The number of hydrogen-bond donors (Lipinski definition) is 1. The highest BCUT2D eigenvalue weighted by Crippen LogP contribution is 2.25. The summed E-state index contributed by atoms with van der Waals surface area (Å²) in [5.41, 5.74) is 0.547. The lowest BCUT2D eigenvalue weighted by Crippen LogP contribution is -2.25. The van der Waals surface area contributed by atoms with Crippen molar-refractivity contribution < 1.29 is 13.9 Å². The van der Waals surface area contributed by atoms with Gasteiger partial charge < -0.3 is 10.1 Å². The van der Waals surface area contributed by atoms with Crippen LogP contribution in [0.25, 0.3) is 5.69 Å². The minimum absolute atomic E-state index is 0.0419. The van der Waals surface area contributed by atoms with Crippen LogP contribution in [0.5, 0.6) is 5.75 Å². The fourth-order valence-electron chi connectivity index (χ4n) is 2.35. The molecule has 0 unspecified atom stereocenters. The summed E-state index contributed by atoms with van der Waals surface area (Å²) in [6.45, 7) is 2.08. The smallest absolute Gasteiger partial charge is 0.276 e. The number of carbonyl (C=O) groups excluding carboxylic acids is 1. The largest absolute Gasteiger partial charge is 0.492 e. The first-order chi connectivity index (χ1) is 12.6. The Kier molecular flexibility index (Phi) is 5.07. The SMILES string of the molecule is CCOc1cc(F)ccc1NC(=O)c1ccc(=O)n(-c2ccccc2)n1. The van der Waals surface area contributed by atoms with Crippen LogP contribution in [0.15, 0.2) is 65.5 Å². The Morgan fingerprint density at radius 3 is 2.65 bits per heavy atom. The van der Waals surface area contributed by atoms with Crippen molar-refractivity contribution in [2.24, 2.45) is 0 Å². The van der Waals surface area contributed by atoms with Gasteiger partial charge in [0.25, 0.3) is 11.5 Å². The molecular weight excluding hydrogens is 337 g/mol. The normalized spacial score (nSPS) is 10.4. The van der Waals surface area contributed by atoms with Gasteiger partial charge >= 0.3 is 0 Å². The van der Waals surface area contributed by atoms with E-state index in [4.69, 9.17) is 4.74 Å². The minimum Gasteiger partial charge on any atom is -0.492 e. The maximum atomic E-state index is 13.4. The summed E-state index contributed by atoms with van der Waals surface area (Å²) in [7, 11) is 0. The van der Waals surface area contributed by atoms with E-state index in [9.17, 15) is 14.0 Å². The topological polar surface area (TPSA) is 73.2 Å². The Morgan fingerprint density at radius 2 is 1.92 bits per heavy atom. The van der Waals surface area contributed by atoms with Crippen LogP contribution in [-0.2, 0) is 0 Å². The van der Waals surface area contributed by atoms with Crippen LogP contribution in [0, 0.1) is 5.82 Å². The van der Waals surface area contributed by atoms with Crippen molar-refractivity contribution in [2.75, 3.05) is 11.9 Å². The van der Waals surface area contributed by atoms with E-state index in [1.807, 2.05) is 6.07 Å². The van der Waals surface area contributed by atoms with Crippen molar-refractivity contribution in [2.45, 2.75) is 6.92 Å².